The van der Waals surface area contributed by atoms with Crippen molar-refractivity contribution in [2.75, 3.05) is 6.61 Å². The van der Waals surface area contributed by atoms with Gasteiger partial charge in [0.1, 0.15) is 6.10 Å². The van der Waals surface area contributed by atoms with Crippen molar-refractivity contribution < 1.29 is 15.3 Å². The Kier molecular flexibility index (Phi) is 4.00. The number of aliphatic hydroxyl groups excluding tert-OH is 3. The van der Waals surface area contributed by atoms with E-state index in [1.807, 2.05) is 6.92 Å². The lowest BCUT2D eigenvalue weighted by Gasteiger charge is -2.16. The second-order valence-corrected chi connectivity index (χ2v) is 3.26. The van der Waals surface area contributed by atoms with Gasteiger partial charge < -0.3 is 15.3 Å². The minimum Gasteiger partial charge on any atom is -0.396 e. The Labute approximate surface area is 82.9 Å². The summed E-state index contributed by atoms with van der Waals surface area (Å²) in [6, 6.07) is 3.48. The predicted octanol–water partition coefficient (Wildman–Crippen LogP) is 0.167. The highest BCUT2D eigenvalue weighted by atomic mass is 16.3. The minimum atomic E-state index is -0.977. The molecule has 0 spiro atoms. The summed E-state index contributed by atoms with van der Waals surface area (Å²) in [6.45, 7) is 1.71. The fourth-order valence-corrected chi connectivity index (χ4v) is 1.17. The van der Waals surface area contributed by atoms with Crippen LogP contribution in [0.5, 0.6) is 0 Å². The van der Waals surface area contributed by atoms with Gasteiger partial charge in [-0.25, -0.2) is 0 Å². The zero-order valence-corrected chi connectivity index (χ0v) is 8.09. The maximum Gasteiger partial charge on any atom is 0.106 e. The van der Waals surface area contributed by atoms with Gasteiger partial charge in [-0.3, -0.25) is 4.98 Å². The smallest absolute Gasteiger partial charge is 0.106 e. The van der Waals surface area contributed by atoms with Gasteiger partial charge in [0.15, 0.2) is 0 Å². The Hall–Kier alpha value is -0.970. The van der Waals surface area contributed by atoms with Gasteiger partial charge in [-0.05, 0) is 19.4 Å². The highest BCUT2D eigenvalue weighted by Gasteiger charge is 2.17. The number of aryl methyl sites for hydroxylation is 1. The van der Waals surface area contributed by atoms with E-state index >= 15 is 0 Å². The van der Waals surface area contributed by atoms with Gasteiger partial charge in [-0.2, -0.15) is 0 Å². The largest absolute Gasteiger partial charge is 0.396 e. The van der Waals surface area contributed by atoms with E-state index in [1.54, 1.807) is 12.1 Å². The van der Waals surface area contributed by atoms with Crippen molar-refractivity contribution in [3.8, 4) is 0 Å². The topological polar surface area (TPSA) is 73.6 Å². The van der Waals surface area contributed by atoms with E-state index in [9.17, 15) is 10.2 Å². The number of rotatable bonds is 4. The molecule has 1 heterocycles. The maximum atomic E-state index is 9.61. The van der Waals surface area contributed by atoms with Gasteiger partial charge in [-0.1, -0.05) is 6.07 Å². The van der Waals surface area contributed by atoms with Crippen LogP contribution < -0.4 is 0 Å². The Bertz CT molecular complexity index is 273. The van der Waals surface area contributed by atoms with E-state index in [0.29, 0.717) is 5.56 Å². The highest BCUT2D eigenvalue weighted by molar-refractivity contribution is 5.16. The molecule has 0 radical (unpaired) electrons. The van der Waals surface area contributed by atoms with Gasteiger partial charge in [0, 0.05) is 24.1 Å². The van der Waals surface area contributed by atoms with Crippen LogP contribution in [0.25, 0.3) is 0 Å². The number of hydrogen-bond donors (Lipinski definition) is 3. The summed E-state index contributed by atoms with van der Waals surface area (Å²) >= 11 is 0. The zero-order chi connectivity index (χ0) is 10.6. The van der Waals surface area contributed by atoms with Crippen molar-refractivity contribution in [1.29, 1.82) is 0 Å². The molecule has 2 unspecified atom stereocenters. The van der Waals surface area contributed by atoms with Gasteiger partial charge in [0.25, 0.3) is 0 Å². The number of hydrogen-bond acceptors (Lipinski definition) is 4. The first kappa shape index (κ1) is 11.1. The molecule has 1 aromatic heterocycles. The quantitative estimate of drug-likeness (QED) is 0.643. The number of pyridine rings is 1. The molecule has 14 heavy (non-hydrogen) atoms. The average Bonchev–Trinajstić information content (AvgIpc) is 2.18. The Balaban J connectivity index is 2.68. The van der Waals surface area contributed by atoms with E-state index in [-0.39, 0.29) is 13.0 Å². The summed E-state index contributed by atoms with van der Waals surface area (Å²) < 4.78 is 0. The van der Waals surface area contributed by atoms with Crippen molar-refractivity contribution >= 4 is 0 Å². The van der Waals surface area contributed by atoms with Crippen molar-refractivity contribution in [2.24, 2.45) is 0 Å². The Morgan fingerprint density at radius 1 is 1.36 bits per heavy atom. The molecule has 0 aliphatic heterocycles. The van der Waals surface area contributed by atoms with E-state index in [0.717, 1.165) is 5.69 Å². The summed E-state index contributed by atoms with van der Waals surface area (Å²) in [5, 5.41) is 27.6. The van der Waals surface area contributed by atoms with Gasteiger partial charge in [0.05, 0.1) is 6.10 Å². The number of aliphatic hydroxyl groups is 3. The third-order valence-electron chi connectivity index (χ3n) is 2.07. The first-order valence-electron chi connectivity index (χ1n) is 4.54. The van der Waals surface area contributed by atoms with Crippen LogP contribution in [0.1, 0.15) is 23.8 Å². The molecule has 0 fully saturated rings. The molecule has 78 valence electrons. The lowest BCUT2D eigenvalue weighted by Crippen LogP contribution is -2.19. The molecule has 0 amide bonds. The molecular formula is C10H15NO3. The van der Waals surface area contributed by atoms with E-state index < -0.39 is 12.2 Å². The standard InChI is InChI=1S/C10H15NO3/c1-7-2-3-8(6-11-7)10(14)9(13)4-5-12/h2-3,6,9-10,12-14H,4-5H2,1H3. The molecule has 0 saturated heterocycles. The lowest BCUT2D eigenvalue weighted by atomic mass is 10.0. The molecule has 4 nitrogen and oxygen atoms in total. The predicted molar refractivity (Wildman–Crippen MR) is 51.6 cm³/mol. The Morgan fingerprint density at radius 3 is 2.57 bits per heavy atom. The first-order chi connectivity index (χ1) is 6.65. The molecule has 2 atom stereocenters. The van der Waals surface area contributed by atoms with E-state index in [1.165, 1.54) is 6.20 Å². The molecule has 0 saturated carbocycles. The maximum absolute atomic E-state index is 9.61. The monoisotopic (exact) mass is 197 g/mol. The highest BCUT2D eigenvalue weighted by Crippen LogP contribution is 2.17. The molecule has 0 aliphatic rings. The number of aromatic nitrogens is 1. The summed E-state index contributed by atoms with van der Waals surface area (Å²) in [5.41, 5.74) is 1.43. The fraction of sp³-hybridized carbons (Fsp3) is 0.500. The number of nitrogens with zero attached hydrogens (tertiary/aromatic N) is 1. The molecule has 0 bridgehead atoms. The van der Waals surface area contributed by atoms with Crippen molar-refractivity contribution in [3.05, 3.63) is 29.6 Å². The second kappa shape index (κ2) is 5.05. The summed E-state index contributed by atoms with van der Waals surface area (Å²) in [5.74, 6) is 0. The molecule has 0 aromatic carbocycles. The minimum absolute atomic E-state index is 0.141. The summed E-state index contributed by atoms with van der Waals surface area (Å²) in [7, 11) is 0. The first-order valence-corrected chi connectivity index (χ1v) is 4.54. The SMILES string of the molecule is Cc1ccc(C(O)C(O)CCO)cn1. The van der Waals surface area contributed by atoms with Crippen molar-refractivity contribution in [1.82, 2.24) is 4.98 Å². The van der Waals surface area contributed by atoms with Crippen LogP contribution in [0.2, 0.25) is 0 Å². The van der Waals surface area contributed by atoms with Gasteiger partial charge in [-0.15, -0.1) is 0 Å². The van der Waals surface area contributed by atoms with Gasteiger partial charge in [0.2, 0.25) is 0 Å². The zero-order valence-electron chi connectivity index (χ0n) is 8.09. The Morgan fingerprint density at radius 2 is 2.07 bits per heavy atom. The van der Waals surface area contributed by atoms with Crippen LogP contribution in [0.15, 0.2) is 18.3 Å². The van der Waals surface area contributed by atoms with Crippen LogP contribution in [0.4, 0.5) is 0 Å². The third kappa shape index (κ3) is 2.77. The molecule has 0 aliphatic carbocycles. The summed E-state index contributed by atoms with van der Waals surface area (Å²) in [6.07, 6.45) is -0.227. The second-order valence-electron chi connectivity index (χ2n) is 3.26. The van der Waals surface area contributed by atoms with Crippen molar-refractivity contribution in [2.45, 2.75) is 25.6 Å². The molecular weight excluding hydrogens is 182 g/mol. The molecule has 3 N–H and O–H groups in total. The van der Waals surface area contributed by atoms with Crippen LogP contribution in [0, 0.1) is 6.92 Å². The van der Waals surface area contributed by atoms with E-state index in [2.05, 4.69) is 4.98 Å². The normalized spacial score (nSPS) is 15.1. The third-order valence-corrected chi connectivity index (χ3v) is 2.07. The van der Waals surface area contributed by atoms with Crippen LogP contribution in [-0.4, -0.2) is 33.0 Å². The lowest BCUT2D eigenvalue weighted by molar-refractivity contribution is 0.00403. The molecule has 1 aromatic rings. The van der Waals surface area contributed by atoms with Gasteiger partial charge >= 0.3 is 0 Å². The van der Waals surface area contributed by atoms with E-state index in [4.69, 9.17) is 5.11 Å². The molecule has 1 rings (SSSR count). The van der Waals surface area contributed by atoms with Crippen LogP contribution >= 0.6 is 0 Å². The van der Waals surface area contributed by atoms with Crippen LogP contribution in [0.3, 0.4) is 0 Å². The summed E-state index contributed by atoms with van der Waals surface area (Å²) in [4.78, 5) is 4.01. The molecule has 4 heteroatoms. The average molecular weight is 197 g/mol. The fourth-order valence-electron chi connectivity index (χ4n) is 1.17. The van der Waals surface area contributed by atoms with Crippen LogP contribution in [-0.2, 0) is 0 Å². The van der Waals surface area contributed by atoms with Crippen molar-refractivity contribution in [3.63, 3.8) is 0 Å².